The third kappa shape index (κ3) is 5.15. The smallest absolute Gasteiger partial charge is 0.345 e. The molecule has 6 atom stereocenters. The van der Waals surface area contributed by atoms with Crippen LogP contribution in [0.3, 0.4) is 0 Å². The molecule has 204 valence electrons. The Kier molecular flexibility index (Phi) is 7.33. The Morgan fingerprint density at radius 1 is 1.18 bits per heavy atom. The largest absolute Gasteiger partial charge is 0.482 e. The second-order valence-corrected chi connectivity index (χ2v) is 10.2. The summed E-state index contributed by atoms with van der Waals surface area (Å²) in [7, 11) is 0. The van der Waals surface area contributed by atoms with Crippen molar-refractivity contribution in [2.45, 2.75) is 70.9 Å². The quantitative estimate of drug-likeness (QED) is 0.434. The van der Waals surface area contributed by atoms with Crippen LogP contribution in [0.25, 0.3) is 11.3 Å². The van der Waals surface area contributed by atoms with Gasteiger partial charge in [-0.1, -0.05) is 0 Å². The van der Waals surface area contributed by atoms with Crippen LogP contribution in [0.15, 0.2) is 39.8 Å². The first kappa shape index (κ1) is 27.3. The van der Waals surface area contributed by atoms with Crippen molar-refractivity contribution in [2.75, 3.05) is 6.61 Å². The van der Waals surface area contributed by atoms with E-state index < -0.39 is 58.8 Å². The SMILES string of the molecule is CC(=O)OCC(C)(OC(C)=O)[C@@H]1C[C@H](OC(C)=O)[C@@]2(C)Oc3cc(-c4cccnc4)oc(=O)c3[C@H](O)[C@H]2C1. The van der Waals surface area contributed by atoms with E-state index in [9.17, 15) is 24.3 Å². The summed E-state index contributed by atoms with van der Waals surface area (Å²) in [6.45, 7) is 6.82. The van der Waals surface area contributed by atoms with E-state index in [-0.39, 0.29) is 36.5 Å². The molecule has 1 N–H and O–H groups in total. The zero-order valence-electron chi connectivity index (χ0n) is 21.9. The summed E-state index contributed by atoms with van der Waals surface area (Å²) in [5, 5.41) is 11.5. The zero-order valence-corrected chi connectivity index (χ0v) is 21.9. The minimum Gasteiger partial charge on any atom is -0.482 e. The topological polar surface area (TPSA) is 151 Å². The number of hydrogen-bond acceptors (Lipinski definition) is 11. The molecule has 0 spiro atoms. The molecular formula is C27H31NO10. The molecule has 11 nitrogen and oxygen atoms in total. The molecule has 0 saturated heterocycles. The second-order valence-electron chi connectivity index (χ2n) is 10.2. The van der Waals surface area contributed by atoms with E-state index >= 15 is 0 Å². The Morgan fingerprint density at radius 2 is 1.92 bits per heavy atom. The van der Waals surface area contributed by atoms with Gasteiger partial charge in [0.25, 0.3) is 0 Å². The number of nitrogens with zero attached hydrogens (tertiary/aromatic N) is 1. The maximum absolute atomic E-state index is 13.1. The van der Waals surface area contributed by atoms with Crippen molar-refractivity contribution in [3.05, 3.63) is 46.6 Å². The van der Waals surface area contributed by atoms with Crippen molar-refractivity contribution in [3.63, 3.8) is 0 Å². The van der Waals surface area contributed by atoms with Gasteiger partial charge in [-0.2, -0.15) is 0 Å². The van der Waals surface area contributed by atoms with Crippen molar-refractivity contribution >= 4 is 17.9 Å². The van der Waals surface area contributed by atoms with Crippen LogP contribution in [-0.4, -0.2) is 51.9 Å². The fraction of sp³-hybridized carbons (Fsp3) is 0.519. The highest BCUT2D eigenvalue weighted by atomic mass is 16.6. The molecule has 38 heavy (non-hydrogen) atoms. The van der Waals surface area contributed by atoms with Crippen molar-refractivity contribution in [2.24, 2.45) is 11.8 Å². The normalized spacial score (nSPS) is 27.5. The molecule has 1 saturated carbocycles. The molecule has 1 fully saturated rings. The van der Waals surface area contributed by atoms with Crippen molar-refractivity contribution < 1.29 is 42.9 Å². The Balaban J connectivity index is 1.78. The number of ether oxygens (including phenoxy) is 4. The van der Waals surface area contributed by atoms with Gasteiger partial charge >= 0.3 is 23.5 Å². The lowest BCUT2D eigenvalue weighted by Gasteiger charge is -2.54. The van der Waals surface area contributed by atoms with Gasteiger partial charge in [-0.3, -0.25) is 19.4 Å². The van der Waals surface area contributed by atoms with Gasteiger partial charge in [0.05, 0.1) is 6.10 Å². The predicted molar refractivity (Wildman–Crippen MR) is 131 cm³/mol. The summed E-state index contributed by atoms with van der Waals surface area (Å²) < 4.78 is 28.4. The van der Waals surface area contributed by atoms with Crippen LogP contribution in [0, 0.1) is 11.8 Å². The lowest BCUT2D eigenvalue weighted by Crippen LogP contribution is -2.63. The number of carbonyl (C=O) groups excluding carboxylic acids is 3. The number of aliphatic hydroxyl groups excluding tert-OH is 1. The molecule has 2 aliphatic rings. The molecule has 1 aliphatic carbocycles. The van der Waals surface area contributed by atoms with Crippen molar-refractivity contribution in [1.82, 2.24) is 4.98 Å². The Morgan fingerprint density at radius 3 is 2.53 bits per heavy atom. The molecule has 1 aliphatic heterocycles. The van der Waals surface area contributed by atoms with Crippen LogP contribution in [0.4, 0.5) is 0 Å². The molecular weight excluding hydrogens is 498 g/mol. The molecule has 11 heteroatoms. The van der Waals surface area contributed by atoms with Crippen molar-refractivity contribution in [1.29, 1.82) is 0 Å². The van der Waals surface area contributed by atoms with E-state index in [0.717, 1.165) is 0 Å². The van der Waals surface area contributed by atoms with Gasteiger partial charge in [0.15, 0.2) is 0 Å². The highest BCUT2D eigenvalue weighted by Gasteiger charge is 2.60. The number of hydrogen-bond donors (Lipinski definition) is 1. The minimum absolute atomic E-state index is 0.0588. The third-order valence-corrected chi connectivity index (χ3v) is 7.43. The number of carbonyl (C=O) groups is 3. The number of rotatable bonds is 6. The van der Waals surface area contributed by atoms with Gasteiger partial charge in [0, 0.05) is 56.6 Å². The number of fused-ring (bicyclic) bond motifs is 2. The van der Waals surface area contributed by atoms with Crippen LogP contribution >= 0.6 is 0 Å². The lowest BCUT2D eigenvalue weighted by atomic mass is 9.62. The number of pyridine rings is 1. The summed E-state index contributed by atoms with van der Waals surface area (Å²) >= 11 is 0. The third-order valence-electron chi connectivity index (χ3n) is 7.43. The minimum atomic E-state index is -1.35. The second kappa shape index (κ2) is 10.2. The van der Waals surface area contributed by atoms with Gasteiger partial charge in [-0.25, -0.2) is 4.79 Å². The number of aromatic nitrogens is 1. The lowest BCUT2D eigenvalue weighted by molar-refractivity contribution is -0.215. The monoisotopic (exact) mass is 529 g/mol. The van der Waals surface area contributed by atoms with E-state index in [4.69, 9.17) is 23.4 Å². The molecule has 0 amide bonds. The summed E-state index contributed by atoms with van der Waals surface area (Å²) in [4.78, 5) is 52.8. The number of esters is 3. The molecule has 4 rings (SSSR count). The summed E-state index contributed by atoms with van der Waals surface area (Å²) in [6, 6.07) is 4.92. The molecule has 3 heterocycles. The molecule has 2 aromatic heterocycles. The van der Waals surface area contributed by atoms with Crippen LogP contribution < -0.4 is 10.4 Å². The molecule has 1 unspecified atom stereocenters. The van der Waals surface area contributed by atoms with Crippen LogP contribution in [-0.2, 0) is 28.6 Å². The first-order valence-corrected chi connectivity index (χ1v) is 12.3. The van der Waals surface area contributed by atoms with E-state index in [1.54, 1.807) is 32.2 Å². The maximum atomic E-state index is 13.1. The molecule has 2 aromatic rings. The summed E-state index contributed by atoms with van der Waals surface area (Å²) in [6.07, 6.45) is 1.24. The molecule has 0 aromatic carbocycles. The first-order chi connectivity index (χ1) is 17.8. The van der Waals surface area contributed by atoms with E-state index in [0.29, 0.717) is 5.56 Å². The average molecular weight is 530 g/mol. The summed E-state index contributed by atoms with van der Waals surface area (Å²) in [5.41, 5.74) is -2.83. The van der Waals surface area contributed by atoms with Gasteiger partial charge < -0.3 is 28.5 Å². The highest BCUT2D eigenvalue weighted by molar-refractivity contribution is 5.68. The van der Waals surface area contributed by atoms with Crippen molar-refractivity contribution in [3.8, 4) is 17.1 Å². The molecule has 0 radical (unpaired) electrons. The fourth-order valence-electron chi connectivity index (χ4n) is 5.54. The predicted octanol–water partition coefficient (Wildman–Crippen LogP) is 2.73. The fourth-order valence-corrected chi connectivity index (χ4v) is 5.54. The van der Waals surface area contributed by atoms with Gasteiger partial charge in [0.1, 0.15) is 41.0 Å². The Bertz CT molecular complexity index is 1290. The zero-order chi connectivity index (χ0) is 27.8. The van der Waals surface area contributed by atoms with Crippen LogP contribution in [0.5, 0.6) is 5.75 Å². The van der Waals surface area contributed by atoms with Crippen LogP contribution in [0.1, 0.15) is 59.1 Å². The summed E-state index contributed by atoms with van der Waals surface area (Å²) in [5.74, 6) is -2.70. The standard InChI is InChI=1S/C27H31NO10/c1-14(29)34-13-26(4,37-16(3)31)18-9-19-24(32)23-21(38-27(19,5)22(10-18)35-15(2)30)11-20(36-25(23)33)17-7-6-8-28-12-17/h6-8,11-12,18-19,22,24,32H,9-10,13H2,1-5H3/t18-,19+,22-,24+,26?,27-/m0/s1. The van der Waals surface area contributed by atoms with E-state index in [2.05, 4.69) is 4.98 Å². The van der Waals surface area contributed by atoms with E-state index in [1.165, 1.54) is 33.0 Å². The Labute approximate surface area is 219 Å². The highest BCUT2D eigenvalue weighted by Crippen LogP contribution is 2.54. The van der Waals surface area contributed by atoms with Gasteiger partial charge in [-0.15, -0.1) is 0 Å². The Hall–Kier alpha value is -3.73. The molecule has 0 bridgehead atoms. The first-order valence-electron chi connectivity index (χ1n) is 12.3. The van der Waals surface area contributed by atoms with Gasteiger partial charge in [-0.05, 0) is 38.8 Å². The number of aliphatic hydroxyl groups is 1. The average Bonchev–Trinajstić information content (AvgIpc) is 2.83. The van der Waals surface area contributed by atoms with Gasteiger partial charge in [0.2, 0.25) is 0 Å². The van der Waals surface area contributed by atoms with E-state index in [1.807, 2.05) is 0 Å². The van der Waals surface area contributed by atoms with Crippen LogP contribution in [0.2, 0.25) is 0 Å². The maximum Gasteiger partial charge on any atom is 0.345 e.